The van der Waals surface area contributed by atoms with Crippen LogP contribution in [0.2, 0.25) is 0 Å². The van der Waals surface area contributed by atoms with Gasteiger partial charge in [-0.05, 0) is 24.3 Å². The highest BCUT2D eigenvalue weighted by atomic mass is 32.1. The summed E-state index contributed by atoms with van der Waals surface area (Å²) in [4.78, 5) is 3.08. The Morgan fingerprint density at radius 2 is 2.06 bits per heavy atom. The van der Waals surface area contributed by atoms with Gasteiger partial charge < -0.3 is 5.73 Å². The van der Waals surface area contributed by atoms with Gasteiger partial charge in [0.1, 0.15) is 4.99 Å². The van der Waals surface area contributed by atoms with Crippen LogP contribution in [-0.4, -0.2) is 22.5 Å². The van der Waals surface area contributed by atoms with Gasteiger partial charge in [0, 0.05) is 24.7 Å². The second kappa shape index (κ2) is 5.81. The molecule has 0 bridgehead atoms. The third kappa shape index (κ3) is 3.53. The van der Waals surface area contributed by atoms with E-state index in [0.29, 0.717) is 10.9 Å². The van der Waals surface area contributed by atoms with E-state index in [-0.39, 0.29) is 0 Å². The lowest BCUT2D eigenvalue weighted by Gasteiger charge is -2.25. The van der Waals surface area contributed by atoms with E-state index < -0.39 is 0 Å². The van der Waals surface area contributed by atoms with Gasteiger partial charge in [-0.1, -0.05) is 50.3 Å². The molecule has 98 valence electrons. The first-order valence-corrected chi connectivity index (χ1v) is 7.10. The van der Waals surface area contributed by atoms with Crippen LogP contribution in [0.4, 0.5) is 0 Å². The van der Waals surface area contributed by atoms with Gasteiger partial charge in [-0.15, -0.1) is 0 Å². The molecule has 0 aromatic heterocycles. The molecule has 0 saturated heterocycles. The van der Waals surface area contributed by atoms with E-state index in [2.05, 4.69) is 30.9 Å². The Morgan fingerprint density at radius 1 is 1.39 bits per heavy atom. The molecule has 0 spiro atoms. The van der Waals surface area contributed by atoms with Gasteiger partial charge in [0.05, 0.1) is 0 Å². The fourth-order valence-electron chi connectivity index (χ4n) is 2.37. The highest BCUT2D eigenvalue weighted by molar-refractivity contribution is 7.80. The van der Waals surface area contributed by atoms with Crippen LogP contribution in [0.15, 0.2) is 24.3 Å². The predicted molar refractivity (Wildman–Crippen MR) is 80.6 cm³/mol. The maximum atomic E-state index is 5.80. The van der Waals surface area contributed by atoms with E-state index >= 15 is 0 Å². The Balaban J connectivity index is 2.13. The summed E-state index contributed by atoms with van der Waals surface area (Å²) < 4.78 is 0. The van der Waals surface area contributed by atoms with Crippen molar-refractivity contribution in [3.05, 3.63) is 35.4 Å². The summed E-state index contributed by atoms with van der Waals surface area (Å²) in [6, 6.07) is 9.01. The van der Waals surface area contributed by atoms with Gasteiger partial charge in [-0.2, -0.15) is 0 Å². The predicted octanol–water partition coefficient (Wildman–Crippen LogP) is 2.94. The summed E-state index contributed by atoms with van der Waals surface area (Å²) in [6.45, 7) is 6.66. The van der Waals surface area contributed by atoms with Gasteiger partial charge >= 0.3 is 0 Å². The normalized spacial score (nSPS) is 15.3. The maximum absolute atomic E-state index is 5.80. The fourth-order valence-corrected chi connectivity index (χ4v) is 2.57. The standard InChI is InChI=1S/C15H22N2S/c1-11(2)9-17(13-7-8-13)10-12-5-3-4-6-14(12)15(16)18/h3-6,11,13H,7-10H2,1-2H3,(H2,16,18). The Morgan fingerprint density at radius 3 is 2.61 bits per heavy atom. The van der Waals surface area contributed by atoms with Crippen LogP contribution in [0.5, 0.6) is 0 Å². The lowest BCUT2D eigenvalue weighted by molar-refractivity contribution is 0.226. The molecule has 1 aromatic rings. The fraction of sp³-hybridized carbons (Fsp3) is 0.533. The smallest absolute Gasteiger partial charge is 0.104 e. The second-order valence-electron chi connectivity index (χ2n) is 5.58. The minimum Gasteiger partial charge on any atom is -0.389 e. The van der Waals surface area contributed by atoms with Crippen molar-refractivity contribution in [2.75, 3.05) is 6.54 Å². The summed E-state index contributed by atoms with van der Waals surface area (Å²) in [5.41, 5.74) is 8.09. The van der Waals surface area contributed by atoms with E-state index in [1.165, 1.54) is 18.4 Å². The molecule has 2 N–H and O–H groups in total. The lowest BCUT2D eigenvalue weighted by Crippen LogP contribution is -2.30. The molecule has 1 fully saturated rings. The van der Waals surface area contributed by atoms with Crippen molar-refractivity contribution in [1.82, 2.24) is 4.90 Å². The van der Waals surface area contributed by atoms with Crippen LogP contribution in [0.25, 0.3) is 0 Å². The third-order valence-electron chi connectivity index (χ3n) is 3.32. The molecule has 0 aliphatic heterocycles. The molecule has 0 radical (unpaired) electrons. The summed E-state index contributed by atoms with van der Waals surface area (Å²) in [6.07, 6.45) is 2.67. The highest BCUT2D eigenvalue weighted by Crippen LogP contribution is 2.29. The molecule has 0 atom stereocenters. The molecule has 2 nitrogen and oxygen atoms in total. The number of hydrogen-bond donors (Lipinski definition) is 1. The lowest BCUT2D eigenvalue weighted by atomic mass is 10.1. The van der Waals surface area contributed by atoms with Crippen molar-refractivity contribution in [3.8, 4) is 0 Å². The van der Waals surface area contributed by atoms with E-state index in [0.717, 1.165) is 24.7 Å². The van der Waals surface area contributed by atoms with Crippen LogP contribution in [-0.2, 0) is 6.54 Å². The quantitative estimate of drug-likeness (QED) is 0.799. The molecule has 1 aliphatic carbocycles. The van der Waals surface area contributed by atoms with Crippen LogP contribution in [0, 0.1) is 5.92 Å². The Hall–Kier alpha value is -0.930. The Bertz CT molecular complexity index is 424. The zero-order valence-corrected chi connectivity index (χ0v) is 12.0. The van der Waals surface area contributed by atoms with Crippen molar-refractivity contribution in [3.63, 3.8) is 0 Å². The molecule has 1 aromatic carbocycles. The van der Waals surface area contributed by atoms with Crippen LogP contribution >= 0.6 is 12.2 Å². The van der Waals surface area contributed by atoms with Gasteiger partial charge in [-0.3, -0.25) is 4.90 Å². The highest BCUT2D eigenvalue weighted by Gasteiger charge is 2.29. The van der Waals surface area contributed by atoms with Crippen molar-refractivity contribution in [2.24, 2.45) is 11.7 Å². The first-order chi connectivity index (χ1) is 8.58. The molecule has 1 saturated carbocycles. The van der Waals surface area contributed by atoms with E-state index in [1.54, 1.807) is 0 Å². The molecule has 0 amide bonds. The van der Waals surface area contributed by atoms with Crippen LogP contribution in [0.1, 0.15) is 37.8 Å². The molecule has 0 unspecified atom stereocenters. The third-order valence-corrected chi connectivity index (χ3v) is 3.54. The average Bonchev–Trinajstić information content (AvgIpc) is 3.11. The number of thiocarbonyl (C=S) groups is 1. The number of nitrogens with two attached hydrogens (primary N) is 1. The summed E-state index contributed by atoms with van der Waals surface area (Å²) >= 11 is 5.13. The number of hydrogen-bond acceptors (Lipinski definition) is 2. The summed E-state index contributed by atoms with van der Waals surface area (Å²) in [5.74, 6) is 0.697. The van der Waals surface area contributed by atoms with Crippen LogP contribution < -0.4 is 5.73 Å². The first kappa shape index (κ1) is 13.5. The van der Waals surface area contributed by atoms with Gasteiger partial charge in [0.15, 0.2) is 0 Å². The first-order valence-electron chi connectivity index (χ1n) is 6.69. The molecular formula is C15H22N2S. The van der Waals surface area contributed by atoms with Gasteiger partial charge in [-0.25, -0.2) is 0 Å². The molecule has 18 heavy (non-hydrogen) atoms. The minimum absolute atomic E-state index is 0.505. The monoisotopic (exact) mass is 262 g/mol. The largest absolute Gasteiger partial charge is 0.389 e. The van der Waals surface area contributed by atoms with Crippen LogP contribution in [0.3, 0.4) is 0 Å². The van der Waals surface area contributed by atoms with Crippen molar-refractivity contribution in [2.45, 2.75) is 39.3 Å². The maximum Gasteiger partial charge on any atom is 0.104 e. The summed E-state index contributed by atoms with van der Waals surface area (Å²) in [5, 5.41) is 0. The van der Waals surface area contributed by atoms with E-state index in [1.807, 2.05) is 12.1 Å². The number of benzene rings is 1. The SMILES string of the molecule is CC(C)CN(Cc1ccccc1C(N)=S)C1CC1. The van der Waals surface area contributed by atoms with Crippen molar-refractivity contribution < 1.29 is 0 Å². The Kier molecular flexibility index (Phi) is 4.36. The van der Waals surface area contributed by atoms with Crippen molar-refractivity contribution >= 4 is 17.2 Å². The zero-order valence-electron chi connectivity index (χ0n) is 11.2. The van der Waals surface area contributed by atoms with E-state index in [4.69, 9.17) is 18.0 Å². The second-order valence-corrected chi connectivity index (χ2v) is 6.02. The van der Waals surface area contributed by atoms with Crippen molar-refractivity contribution in [1.29, 1.82) is 0 Å². The number of nitrogens with zero attached hydrogens (tertiary/aromatic N) is 1. The minimum atomic E-state index is 0.505. The topological polar surface area (TPSA) is 29.3 Å². The van der Waals surface area contributed by atoms with Gasteiger partial charge in [0.25, 0.3) is 0 Å². The molecule has 1 aliphatic rings. The molecule has 3 heteroatoms. The van der Waals surface area contributed by atoms with E-state index in [9.17, 15) is 0 Å². The molecule has 0 heterocycles. The Labute approximate surface area is 115 Å². The molecule has 2 rings (SSSR count). The molecular weight excluding hydrogens is 240 g/mol. The summed E-state index contributed by atoms with van der Waals surface area (Å²) in [7, 11) is 0. The zero-order chi connectivity index (χ0) is 13.1. The number of rotatable bonds is 6. The average molecular weight is 262 g/mol. The van der Waals surface area contributed by atoms with Gasteiger partial charge in [0.2, 0.25) is 0 Å².